The summed E-state index contributed by atoms with van der Waals surface area (Å²) in [4.78, 5) is 12.7. The number of carbonyl (C=O) groups is 1. The number of hydrogen-bond acceptors (Lipinski definition) is 3. The highest BCUT2D eigenvalue weighted by Crippen LogP contribution is 2.24. The van der Waals surface area contributed by atoms with E-state index in [2.05, 4.69) is 19.2 Å². The molecular weight excluding hydrogens is 324 g/mol. The lowest BCUT2D eigenvalue weighted by Gasteiger charge is -2.31. The van der Waals surface area contributed by atoms with Gasteiger partial charge in [-0.15, -0.1) is 0 Å². The Bertz CT molecular complexity index is 643. The van der Waals surface area contributed by atoms with Gasteiger partial charge in [0, 0.05) is 13.1 Å². The molecule has 1 aromatic carbocycles. The molecule has 0 spiro atoms. The minimum absolute atomic E-state index is 0.0349. The van der Waals surface area contributed by atoms with E-state index in [1.54, 1.807) is 0 Å². The van der Waals surface area contributed by atoms with Gasteiger partial charge in [-0.25, -0.2) is 12.7 Å². The topological polar surface area (TPSA) is 66.5 Å². The largest absolute Gasteiger partial charge is 0.349 e. The molecule has 1 aliphatic heterocycles. The maximum Gasteiger partial charge on any atom is 0.224 e. The minimum Gasteiger partial charge on any atom is -0.349 e. The fourth-order valence-electron chi connectivity index (χ4n) is 3.18. The first kappa shape index (κ1) is 18.9. The summed E-state index contributed by atoms with van der Waals surface area (Å²) in [7, 11) is -3.24. The molecule has 1 aromatic rings. The molecule has 1 saturated heterocycles. The third kappa shape index (κ3) is 5.31. The van der Waals surface area contributed by atoms with E-state index in [0.717, 1.165) is 24.8 Å². The second-order valence-electron chi connectivity index (χ2n) is 7.06. The second kappa shape index (κ2) is 8.12. The lowest BCUT2D eigenvalue weighted by molar-refractivity contribution is -0.127. The fraction of sp³-hybridized carbons (Fsp3) is 0.611. The molecule has 0 radical (unpaired) electrons. The second-order valence-corrected chi connectivity index (χ2v) is 9.04. The summed E-state index contributed by atoms with van der Waals surface area (Å²) in [5, 5.41) is 3.15. The molecule has 134 valence electrons. The highest BCUT2D eigenvalue weighted by atomic mass is 32.2. The van der Waals surface area contributed by atoms with Gasteiger partial charge >= 0.3 is 0 Å². The Labute approximate surface area is 145 Å². The van der Waals surface area contributed by atoms with Gasteiger partial charge in [-0.05, 0) is 30.7 Å². The van der Waals surface area contributed by atoms with Crippen molar-refractivity contribution in [1.82, 2.24) is 9.62 Å². The molecule has 5 nitrogen and oxygen atoms in total. The molecule has 0 bridgehead atoms. The Balaban J connectivity index is 2.07. The highest BCUT2D eigenvalue weighted by Gasteiger charge is 2.31. The molecule has 1 heterocycles. The van der Waals surface area contributed by atoms with Gasteiger partial charge in [0.2, 0.25) is 15.9 Å². The Morgan fingerprint density at radius 2 is 1.96 bits per heavy atom. The normalized spacial score (nSPS) is 20.8. The van der Waals surface area contributed by atoms with E-state index in [-0.39, 0.29) is 24.4 Å². The van der Waals surface area contributed by atoms with Crippen LogP contribution in [0.25, 0.3) is 0 Å². The van der Waals surface area contributed by atoms with Crippen LogP contribution in [0, 0.1) is 11.8 Å². The molecule has 0 unspecified atom stereocenters. The average Bonchev–Trinajstić information content (AvgIpc) is 2.54. The van der Waals surface area contributed by atoms with Gasteiger partial charge in [0.15, 0.2) is 0 Å². The SMILES string of the molecule is CC(C)C[C@@H](NC(=O)[C@H]1CCCN(S(C)(=O)=O)C1)c1ccccc1. The number of rotatable bonds is 6. The van der Waals surface area contributed by atoms with Crippen LogP contribution in [0.5, 0.6) is 0 Å². The Morgan fingerprint density at radius 1 is 1.29 bits per heavy atom. The van der Waals surface area contributed by atoms with Crippen LogP contribution >= 0.6 is 0 Å². The molecule has 2 rings (SSSR count). The van der Waals surface area contributed by atoms with Crippen LogP contribution < -0.4 is 5.32 Å². The van der Waals surface area contributed by atoms with Crippen molar-refractivity contribution in [2.24, 2.45) is 11.8 Å². The van der Waals surface area contributed by atoms with Crippen molar-refractivity contribution in [3.05, 3.63) is 35.9 Å². The van der Waals surface area contributed by atoms with Crippen LogP contribution in [0.3, 0.4) is 0 Å². The predicted octanol–water partition coefficient (Wildman–Crippen LogP) is 2.56. The summed E-state index contributed by atoms with van der Waals surface area (Å²) in [5.74, 6) is 0.138. The number of nitrogens with zero attached hydrogens (tertiary/aromatic N) is 1. The molecule has 24 heavy (non-hydrogen) atoms. The fourth-order valence-corrected chi connectivity index (χ4v) is 4.09. The molecule has 1 fully saturated rings. The smallest absolute Gasteiger partial charge is 0.224 e. The Kier molecular flexibility index (Phi) is 6.40. The van der Waals surface area contributed by atoms with E-state index in [1.807, 2.05) is 30.3 Å². The van der Waals surface area contributed by atoms with Gasteiger partial charge in [0.1, 0.15) is 0 Å². The third-order valence-electron chi connectivity index (χ3n) is 4.45. The molecule has 0 saturated carbocycles. The van der Waals surface area contributed by atoms with Gasteiger partial charge in [0.05, 0.1) is 18.2 Å². The summed E-state index contributed by atoms with van der Waals surface area (Å²) in [6, 6.07) is 9.92. The van der Waals surface area contributed by atoms with Crippen molar-refractivity contribution < 1.29 is 13.2 Å². The van der Waals surface area contributed by atoms with Crippen molar-refractivity contribution in [3.63, 3.8) is 0 Å². The molecule has 0 aliphatic carbocycles. The quantitative estimate of drug-likeness (QED) is 0.856. The van der Waals surface area contributed by atoms with E-state index in [4.69, 9.17) is 0 Å². The molecule has 6 heteroatoms. The monoisotopic (exact) mass is 352 g/mol. The first-order chi connectivity index (χ1) is 11.3. The summed E-state index contributed by atoms with van der Waals surface area (Å²) >= 11 is 0. The van der Waals surface area contributed by atoms with E-state index in [9.17, 15) is 13.2 Å². The zero-order valence-corrected chi connectivity index (χ0v) is 15.6. The number of carbonyl (C=O) groups excluding carboxylic acids is 1. The first-order valence-corrected chi connectivity index (χ1v) is 10.4. The molecule has 1 aliphatic rings. The molecule has 1 N–H and O–H groups in total. The third-order valence-corrected chi connectivity index (χ3v) is 5.72. The maximum atomic E-state index is 12.7. The van der Waals surface area contributed by atoms with Crippen molar-refractivity contribution in [2.45, 2.75) is 39.2 Å². The maximum absolute atomic E-state index is 12.7. The number of benzene rings is 1. The Morgan fingerprint density at radius 3 is 2.54 bits per heavy atom. The first-order valence-electron chi connectivity index (χ1n) is 8.58. The predicted molar refractivity (Wildman–Crippen MR) is 95.9 cm³/mol. The van der Waals surface area contributed by atoms with Crippen LogP contribution in [-0.2, 0) is 14.8 Å². The van der Waals surface area contributed by atoms with E-state index < -0.39 is 10.0 Å². The number of nitrogens with one attached hydrogen (secondary N) is 1. The van der Waals surface area contributed by atoms with Gasteiger partial charge in [-0.1, -0.05) is 44.2 Å². The van der Waals surface area contributed by atoms with Gasteiger partial charge in [-0.2, -0.15) is 0 Å². The zero-order valence-electron chi connectivity index (χ0n) is 14.7. The van der Waals surface area contributed by atoms with Gasteiger partial charge < -0.3 is 5.32 Å². The standard InChI is InChI=1S/C18H28N2O3S/c1-14(2)12-17(15-8-5-4-6-9-15)19-18(21)16-10-7-11-20(13-16)24(3,22)23/h4-6,8-9,14,16-17H,7,10-13H2,1-3H3,(H,19,21)/t16-,17+/m0/s1. The number of piperidine rings is 1. The number of hydrogen-bond donors (Lipinski definition) is 1. The van der Waals surface area contributed by atoms with Crippen LogP contribution in [-0.4, -0.2) is 38.0 Å². The number of sulfonamides is 1. The van der Waals surface area contributed by atoms with Crippen LogP contribution in [0.2, 0.25) is 0 Å². The summed E-state index contributed by atoms with van der Waals surface area (Å²) in [6.07, 6.45) is 3.53. The van der Waals surface area contributed by atoms with Crippen molar-refractivity contribution in [2.75, 3.05) is 19.3 Å². The van der Waals surface area contributed by atoms with Gasteiger partial charge in [0.25, 0.3) is 0 Å². The minimum atomic E-state index is -3.24. The molecule has 1 amide bonds. The lowest BCUT2D eigenvalue weighted by Crippen LogP contribution is -2.45. The summed E-state index contributed by atoms with van der Waals surface area (Å²) in [6.45, 7) is 5.06. The highest BCUT2D eigenvalue weighted by molar-refractivity contribution is 7.88. The van der Waals surface area contributed by atoms with Crippen LogP contribution in [0.4, 0.5) is 0 Å². The Hall–Kier alpha value is -1.40. The van der Waals surface area contributed by atoms with Crippen molar-refractivity contribution >= 4 is 15.9 Å². The van der Waals surface area contributed by atoms with E-state index >= 15 is 0 Å². The van der Waals surface area contributed by atoms with Crippen molar-refractivity contribution in [1.29, 1.82) is 0 Å². The van der Waals surface area contributed by atoms with Crippen LogP contribution in [0.1, 0.15) is 44.7 Å². The summed E-state index contributed by atoms with van der Waals surface area (Å²) < 4.78 is 24.9. The molecule has 2 atom stereocenters. The average molecular weight is 353 g/mol. The summed E-state index contributed by atoms with van der Waals surface area (Å²) in [5.41, 5.74) is 1.09. The van der Waals surface area contributed by atoms with Crippen LogP contribution in [0.15, 0.2) is 30.3 Å². The molecule has 0 aromatic heterocycles. The molecular formula is C18H28N2O3S. The van der Waals surface area contributed by atoms with Crippen molar-refractivity contribution in [3.8, 4) is 0 Å². The zero-order chi connectivity index (χ0) is 17.7. The van der Waals surface area contributed by atoms with E-state index in [0.29, 0.717) is 12.5 Å². The van der Waals surface area contributed by atoms with E-state index in [1.165, 1.54) is 10.6 Å². The lowest BCUT2D eigenvalue weighted by atomic mass is 9.94. The number of amides is 1. The van der Waals surface area contributed by atoms with Gasteiger partial charge in [-0.3, -0.25) is 4.79 Å².